The molecule has 0 unspecified atom stereocenters. The van der Waals surface area contributed by atoms with Gasteiger partial charge in [-0.2, -0.15) is 18.4 Å². The standard InChI is InChI=1S/C15H11F2N7O5S.C7H3F2NO4/c16-9-5-6-10(24(26)27)12(17)11(9)13(25)23-14(18)21-15(22-23)20-7-1-3-8(4-2-7)30(19,28)29;8-3-1-2-4(10(13)14)6(9)5(3)7(11)12/h1-6H,(H2,19,28,29)(H3,18,20,21,22);1-2H,(H,11,12). The van der Waals surface area contributed by atoms with Crippen molar-refractivity contribution in [2.45, 2.75) is 4.90 Å². The van der Waals surface area contributed by atoms with E-state index < -0.39 is 83.5 Å². The van der Waals surface area contributed by atoms with E-state index in [1.54, 1.807) is 0 Å². The van der Waals surface area contributed by atoms with Crippen LogP contribution < -0.4 is 16.2 Å². The van der Waals surface area contributed by atoms with Crippen LogP contribution in [0.4, 0.5) is 46.5 Å². The van der Waals surface area contributed by atoms with Crippen LogP contribution in [-0.4, -0.2) is 50.0 Å². The van der Waals surface area contributed by atoms with E-state index in [0.717, 1.165) is 0 Å². The van der Waals surface area contributed by atoms with Gasteiger partial charge in [-0.1, -0.05) is 0 Å². The molecule has 6 N–H and O–H groups in total. The molecule has 0 bridgehead atoms. The summed E-state index contributed by atoms with van der Waals surface area (Å²) in [4.78, 5) is 45.1. The van der Waals surface area contributed by atoms with Gasteiger partial charge in [0.25, 0.3) is 5.91 Å². The zero-order valence-electron chi connectivity index (χ0n) is 21.1. The number of carbonyl (C=O) groups is 2. The van der Waals surface area contributed by atoms with Crippen molar-refractivity contribution >= 4 is 50.9 Å². The Morgan fingerprint density at radius 1 is 0.864 bits per heavy atom. The predicted molar refractivity (Wildman–Crippen MR) is 138 cm³/mol. The average Bonchev–Trinajstić information content (AvgIpc) is 3.27. The lowest BCUT2D eigenvalue weighted by Crippen LogP contribution is -2.20. The Balaban J connectivity index is 0.000000317. The van der Waals surface area contributed by atoms with E-state index in [-0.39, 0.29) is 16.5 Å². The highest BCUT2D eigenvalue weighted by Gasteiger charge is 2.29. The number of nitro benzene ring substituents is 2. The molecule has 230 valence electrons. The van der Waals surface area contributed by atoms with E-state index in [9.17, 15) is 55.8 Å². The maximum absolute atomic E-state index is 14.3. The number of aromatic carboxylic acids is 1. The van der Waals surface area contributed by atoms with E-state index in [2.05, 4.69) is 15.4 Å². The number of carboxylic acids is 1. The largest absolute Gasteiger partial charge is 0.477 e. The molecule has 1 aromatic heterocycles. The van der Waals surface area contributed by atoms with E-state index in [0.29, 0.717) is 28.9 Å². The van der Waals surface area contributed by atoms with Crippen LogP contribution in [0, 0.1) is 43.5 Å². The number of nitrogens with zero attached hydrogens (tertiary/aromatic N) is 5. The minimum atomic E-state index is -3.90. The second kappa shape index (κ2) is 12.5. The van der Waals surface area contributed by atoms with Crippen molar-refractivity contribution < 1.29 is 50.5 Å². The van der Waals surface area contributed by atoms with Crippen molar-refractivity contribution in [3.63, 3.8) is 0 Å². The SMILES string of the molecule is Nc1nc(Nc2ccc(S(N)(=O)=O)cc2)nn1C(=O)c1c(F)ccc([N+](=O)[O-])c1F.O=C(O)c1c(F)ccc([N+](=O)[O-])c1F. The maximum atomic E-state index is 14.3. The van der Waals surface area contributed by atoms with Crippen LogP contribution in [0.5, 0.6) is 0 Å². The molecule has 0 atom stereocenters. The quantitative estimate of drug-likeness (QED) is 0.128. The van der Waals surface area contributed by atoms with Crippen LogP contribution in [0.15, 0.2) is 53.4 Å². The summed E-state index contributed by atoms with van der Waals surface area (Å²) in [7, 11) is -3.90. The number of hydrogen-bond donors (Lipinski definition) is 4. The van der Waals surface area contributed by atoms with E-state index >= 15 is 0 Å². The van der Waals surface area contributed by atoms with Gasteiger partial charge in [-0.3, -0.25) is 25.0 Å². The second-order valence-corrected chi connectivity index (χ2v) is 9.60. The fourth-order valence-electron chi connectivity index (χ4n) is 3.25. The van der Waals surface area contributed by atoms with Gasteiger partial charge >= 0.3 is 17.3 Å². The van der Waals surface area contributed by atoms with Crippen LogP contribution in [0.25, 0.3) is 0 Å². The number of hydrogen-bond acceptors (Lipinski definition) is 12. The molecule has 0 aliphatic heterocycles. The summed E-state index contributed by atoms with van der Waals surface area (Å²) >= 11 is 0. The van der Waals surface area contributed by atoms with Crippen molar-refractivity contribution in [2.24, 2.45) is 5.14 Å². The first-order valence-electron chi connectivity index (χ1n) is 11.1. The van der Waals surface area contributed by atoms with Gasteiger partial charge < -0.3 is 16.2 Å². The zero-order chi connectivity index (χ0) is 33.1. The number of carbonyl (C=O) groups excluding carboxylic acids is 1. The number of nitrogens with one attached hydrogen (secondary N) is 1. The molecule has 1 heterocycles. The summed E-state index contributed by atoms with van der Waals surface area (Å²) in [6.07, 6.45) is 0. The Morgan fingerprint density at radius 2 is 1.34 bits per heavy atom. The highest BCUT2D eigenvalue weighted by molar-refractivity contribution is 7.89. The van der Waals surface area contributed by atoms with Crippen molar-refractivity contribution in [1.82, 2.24) is 14.8 Å². The predicted octanol–water partition coefficient (Wildman–Crippen LogP) is 2.70. The molecule has 0 aliphatic rings. The fourth-order valence-corrected chi connectivity index (χ4v) is 3.76. The van der Waals surface area contributed by atoms with Gasteiger partial charge in [0.15, 0.2) is 0 Å². The first-order valence-corrected chi connectivity index (χ1v) is 12.6. The Morgan fingerprint density at radius 3 is 1.80 bits per heavy atom. The molecule has 0 amide bonds. The van der Waals surface area contributed by atoms with Crippen molar-refractivity contribution in [2.75, 3.05) is 11.1 Å². The van der Waals surface area contributed by atoms with Gasteiger partial charge in [0, 0.05) is 17.8 Å². The third kappa shape index (κ3) is 6.88. The smallest absolute Gasteiger partial charge is 0.341 e. The lowest BCUT2D eigenvalue weighted by molar-refractivity contribution is -0.387. The topological polar surface area (TPSA) is 270 Å². The molecular formula is C22H14F4N8O9S. The lowest BCUT2D eigenvalue weighted by atomic mass is 10.1. The Kier molecular flexibility index (Phi) is 9.20. The van der Waals surface area contributed by atoms with Gasteiger partial charge in [-0.05, 0) is 36.4 Å². The third-order valence-corrected chi connectivity index (χ3v) is 6.16. The van der Waals surface area contributed by atoms with Crippen molar-refractivity contribution in [1.29, 1.82) is 0 Å². The fraction of sp³-hybridized carbons (Fsp3) is 0. The number of anilines is 3. The third-order valence-electron chi connectivity index (χ3n) is 5.23. The maximum Gasteiger partial charge on any atom is 0.341 e. The monoisotopic (exact) mass is 642 g/mol. The van der Waals surface area contributed by atoms with E-state index in [1.165, 1.54) is 24.3 Å². The summed E-state index contributed by atoms with van der Waals surface area (Å²) in [5, 5.41) is 40.6. The van der Waals surface area contributed by atoms with Crippen LogP contribution in [-0.2, 0) is 10.0 Å². The first kappa shape index (κ1) is 32.5. The molecule has 0 aliphatic carbocycles. The number of benzene rings is 3. The summed E-state index contributed by atoms with van der Waals surface area (Å²) in [6.45, 7) is 0. The van der Waals surface area contributed by atoms with Gasteiger partial charge in [-0.15, -0.1) is 5.10 Å². The van der Waals surface area contributed by atoms with Crippen molar-refractivity contribution in [3.05, 3.63) is 103 Å². The molecule has 3 aromatic carbocycles. The van der Waals surface area contributed by atoms with Crippen LogP contribution >= 0.6 is 0 Å². The summed E-state index contributed by atoms with van der Waals surface area (Å²) in [5.41, 5.74) is 1.12. The first-order chi connectivity index (χ1) is 20.4. The molecule has 0 fully saturated rings. The Bertz CT molecular complexity index is 1940. The minimum Gasteiger partial charge on any atom is -0.477 e. The highest BCUT2D eigenvalue weighted by atomic mass is 32.2. The van der Waals surface area contributed by atoms with Crippen molar-refractivity contribution in [3.8, 4) is 0 Å². The van der Waals surface area contributed by atoms with E-state index in [4.69, 9.17) is 16.0 Å². The van der Waals surface area contributed by atoms with Crippen LogP contribution in [0.2, 0.25) is 0 Å². The number of nitro groups is 2. The molecule has 0 radical (unpaired) electrons. The molecule has 4 aromatic rings. The number of rotatable bonds is 7. The second-order valence-electron chi connectivity index (χ2n) is 8.04. The number of carboxylic acid groups (broad SMARTS) is 1. The average molecular weight is 642 g/mol. The Hall–Kier alpha value is -6.03. The lowest BCUT2D eigenvalue weighted by Gasteiger charge is -2.05. The molecule has 22 heteroatoms. The Labute approximate surface area is 240 Å². The van der Waals surface area contributed by atoms with Gasteiger partial charge in [0.1, 0.15) is 22.8 Å². The number of aromatic nitrogens is 3. The van der Waals surface area contributed by atoms with Crippen LogP contribution in [0.1, 0.15) is 20.7 Å². The summed E-state index contributed by atoms with van der Waals surface area (Å²) in [6, 6.07) is 7.25. The van der Waals surface area contributed by atoms with Crippen LogP contribution in [0.3, 0.4) is 0 Å². The number of halogens is 4. The summed E-state index contributed by atoms with van der Waals surface area (Å²) in [5.74, 6) is -10.2. The minimum absolute atomic E-state index is 0.155. The number of nitrogen functional groups attached to an aromatic ring is 1. The van der Waals surface area contributed by atoms with E-state index in [1.807, 2.05) is 0 Å². The normalized spacial score (nSPS) is 10.8. The molecule has 0 saturated heterocycles. The van der Waals surface area contributed by atoms with Gasteiger partial charge in [0.05, 0.1) is 14.7 Å². The molecule has 4 rings (SSSR count). The highest BCUT2D eigenvalue weighted by Crippen LogP contribution is 2.25. The molecule has 0 spiro atoms. The molecule has 17 nitrogen and oxygen atoms in total. The molecule has 0 saturated carbocycles. The number of sulfonamides is 1. The number of primary sulfonamides is 1. The molecule has 44 heavy (non-hydrogen) atoms. The van der Waals surface area contributed by atoms with Gasteiger partial charge in [-0.25, -0.2) is 27.1 Å². The summed E-state index contributed by atoms with van der Waals surface area (Å²) < 4.78 is 76.8. The van der Waals surface area contributed by atoms with Gasteiger partial charge in [0.2, 0.25) is 33.6 Å². The zero-order valence-corrected chi connectivity index (χ0v) is 22.0. The number of nitrogens with two attached hydrogens (primary N) is 2. The molecular weight excluding hydrogens is 628 g/mol.